The van der Waals surface area contributed by atoms with Gasteiger partial charge >= 0.3 is 0 Å². The Labute approximate surface area is 196 Å². The molecule has 0 bridgehead atoms. The van der Waals surface area contributed by atoms with Gasteiger partial charge in [-0.3, -0.25) is 9.69 Å². The van der Waals surface area contributed by atoms with Gasteiger partial charge in [-0.05, 0) is 48.6 Å². The topological polar surface area (TPSA) is 51.0 Å². The zero-order valence-electron chi connectivity index (χ0n) is 15.7. The highest BCUT2D eigenvalue weighted by molar-refractivity contribution is 8.00. The summed E-state index contributed by atoms with van der Waals surface area (Å²) in [7, 11) is 0. The van der Waals surface area contributed by atoms with Gasteiger partial charge in [0, 0.05) is 23.1 Å². The number of nitrogens with zero attached hydrogens (tertiary/aromatic N) is 4. The molecule has 10 heteroatoms. The van der Waals surface area contributed by atoms with E-state index in [-0.39, 0.29) is 5.91 Å². The lowest BCUT2D eigenvalue weighted by Crippen LogP contribution is -2.22. The summed E-state index contributed by atoms with van der Waals surface area (Å²) in [5, 5.41) is 7.90. The van der Waals surface area contributed by atoms with Crippen molar-refractivity contribution in [1.29, 1.82) is 0 Å². The fourth-order valence-corrected chi connectivity index (χ4v) is 6.04. The molecule has 0 saturated heterocycles. The molecular formula is C20H15ClN4OS4. The molecule has 0 fully saturated rings. The maximum Gasteiger partial charge on any atom is 0.230 e. The van der Waals surface area contributed by atoms with E-state index >= 15 is 0 Å². The third kappa shape index (κ3) is 4.81. The van der Waals surface area contributed by atoms with Gasteiger partial charge in [0.15, 0.2) is 13.4 Å². The zero-order chi connectivity index (χ0) is 21.1. The lowest BCUT2D eigenvalue weighted by atomic mass is 10.3. The number of rotatable bonds is 6. The molecule has 1 amide bonds. The minimum Gasteiger partial charge on any atom is -0.274 e. The van der Waals surface area contributed by atoms with Gasteiger partial charge in [-0.25, -0.2) is 9.67 Å². The first kappa shape index (κ1) is 21.2. The number of hydrogen-bond donors (Lipinski definition) is 0. The van der Waals surface area contributed by atoms with Gasteiger partial charge in [0.05, 0.1) is 17.1 Å². The van der Waals surface area contributed by atoms with Crippen LogP contribution in [0.2, 0.25) is 5.02 Å². The number of thiazole rings is 1. The smallest absolute Gasteiger partial charge is 0.230 e. The minimum atomic E-state index is -0.0746. The van der Waals surface area contributed by atoms with Gasteiger partial charge in [0.2, 0.25) is 5.91 Å². The Morgan fingerprint density at radius 1 is 1.20 bits per heavy atom. The summed E-state index contributed by atoms with van der Waals surface area (Å²) in [6.45, 7) is 1.54. The van der Waals surface area contributed by atoms with Crippen LogP contribution < -0.4 is 4.90 Å². The standard InChI is InChI=1S/C20H15ClN4OS4/c1-13(26)24(16-5-3-2-4-6-16)18-22-15(11-28-18)12-29-19-23-25(20(27)30-19)17-9-7-14(21)8-10-17/h2-11H,12H2,1H3. The van der Waals surface area contributed by atoms with Crippen LogP contribution >= 0.6 is 58.3 Å². The SMILES string of the molecule is CC(=O)N(c1ccccc1)c1nc(CSc2nn(-c3ccc(Cl)cc3)c(=S)s2)cs1. The number of halogens is 1. The Morgan fingerprint density at radius 3 is 2.63 bits per heavy atom. The van der Waals surface area contributed by atoms with Crippen LogP contribution in [0.5, 0.6) is 0 Å². The molecule has 0 saturated carbocycles. The quantitative estimate of drug-likeness (QED) is 0.221. The largest absolute Gasteiger partial charge is 0.274 e. The van der Waals surface area contributed by atoms with Crippen molar-refractivity contribution < 1.29 is 4.79 Å². The summed E-state index contributed by atoms with van der Waals surface area (Å²) >= 11 is 15.9. The van der Waals surface area contributed by atoms with E-state index in [4.69, 9.17) is 23.8 Å². The Morgan fingerprint density at radius 2 is 1.93 bits per heavy atom. The number of carbonyl (C=O) groups excluding carboxylic acids is 1. The maximum atomic E-state index is 12.2. The van der Waals surface area contributed by atoms with Crippen molar-refractivity contribution in [2.75, 3.05) is 4.90 Å². The lowest BCUT2D eigenvalue weighted by Gasteiger charge is -2.17. The van der Waals surface area contributed by atoms with Crippen LogP contribution in [0.25, 0.3) is 5.69 Å². The molecule has 2 heterocycles. The average Bonchev–Trinajstić information content (AvgIpc) is 3.34. The number of amides is 1. The molecule has 4 aromatic rings. The van der Waals surface area contributed by atoms with Gasteiger partial charge in [-0.2, -0.15) is 0 Å². The predicted molar refractivity (Wildman–Crippen MR) is 128 cm³/mol. The van der Waals surface area contributed by atoms with Crippen molar-refractivity contribution in [3.8, 4) is 5.69 Å². The van der Waals surface area contributed by atoms with Crippen molar-refractivity contribution in [2.24, 2.45) is 0 Å². The zero-order valence-corrected chi connectivity index (χ0v) is 19.7. The first-order valence-corrected chi connectivity index (χ1v) is 12.3. The molecule has 0 N–H and O–H groups in total. The van der Waals surface area contributed by atoms with Crippen molar-refractivity contribution in [2.45, 2.75) is 17.0 Å². The molecule has 0 aliphatic carbocycles. The third-order valence-corrected chi connectivity index (χ3v) is 7.53. The van der Waals surface area contributed by atoms with Crippen molar-refractivity contribution in [3.63, 3.8) is 0 Å². The minimum absolute atomic E-state index is 0.0746. The highest BCUT2D eigenvalue weighted by Gasteiger charge is 2.18. The van der Waals surface area contributed by atoms with Gasteiger partial charge in [0.1, 0.15) is 0 Å². The number of benzene rings is 2. The molecule has 0 radical (unpaired) electrons. The number of para-hydroxylation sites is 1. The van der Waals surface area contributed by atoms with E-state index in [1.165, 1.54) is 22.7 Å². The van der Waals surface area contributed by atoms with E-state index < -0.39 is 0 Å². The Hall–Kier alpha value is -2.04. The van der Waals surface area contributed by atoms with E-state index in [1.54, 1.807) is 28.3 Å². The van der Waals surface area contributed by atoms with Crippen LogP contribution in [0.1, 0.15) is 12.6 Å². The van der Waals surface area contributed by atoms with Gasteiger partial charge < -0.3 is 0 Å². The molecule has 5 nitrogen and oxygen atoms in total. The monoisotopic (exact) mass is 490 g/mol. The predicted octanol–water partition coefficient (Wildman–Crippen LogP) is 6.75. The second-order valence-electron chi connectivity index (χ2n) is 6.12. The summed E-state index contributed by atoms with van der Waals surface area (Å²) in [6, 6.07) is 16.9. The van der Waals surface area contributed by atoms with Crippen molar-refractivity contribution in [1.82, 2.24) is 14.8 Å². The van der Waals surface area contributed by atoms with Crippen LogP contribution in [0.3, 0.4) is 0 Å². The number of carbonyl (C=O) groups is 1. The second-order valence-corrected chi connectivity index (χ2v) is 10.2. The van der Waals surface area contributed by atoms with Crippen LogP contribution in [0.4, 0.5) is 10.8 Å². The molecular weight excluding hydrogens is 476 g/mol. The fraction of sp³-hybridized carbons (Fsp3) is 0.100. The summed E-state index contributed by atoms with van der Waals surface area (Å²) < 4.78 is 3.26. The number of aromatic nitrogens is 3. The van der Waals surface area contributed by atoms with Gasteiger partial charge in [-0.1, -0.05) is 52.9 Å². The van der Waals surface area contributed by atoms with Crippen molar-refractivity contribution >= 4 is 75.0 Å². The lowest BCUT2D eigenvalue weighted by molar-refractivity contribution is -0.115. The second kappa shape index (κ2) is 9.40. The summed E-state index contributed by atoms with van der Waals surface area (Å²) in [6.07, 6.45) is 0. The highest BCUT2D eigenvalue weighted by atomic mass is 35.5. The van der Waals surface area contributed by atoms with E-state index in [2.05, 4.69) is 10.1 Å². The number of anilines is 2. The summed E-state index contributed by atoms with van der Waals surface area (Å²) in [5.41, 5.74) is 2.57. The average molecular weight is 491 g/mol. The van der Waals surface area contributed by atoms with Crippen LogP contribution in [-0.2, 0) is 10.5 Å². The summed E-state index contributed by atoms with van der Waals surface area (Å²) in [5.74, 6) is 0.564. The third-order valence-electron chi connectivity index (χ3n) is 4.00. The molecule has 0 aliphatic rings. The molecule has 30 heavy (non-hydrogen) atoms. The van der Waals surface area contributed by atoms with Crippen LogP contribution in [0.15, 0.2) is 64.3 Å². The van der Waals surface area contributed by atoms with Gasteiger partial charge in [0.25, 0.3) is 0 Å². The molecule has 0 unspecified atom stereocenters. The number of thioether (sulfide) groups is 1. The molecule has 0 aliphatic heterocycles. The molecule has 2 aromatic heterocycles. The first-order chi connectivity index (χ1) is 14.5. The molecule has 0 atom stereocenters. The fourth-order valence-electron chi connectivity index (χ4n) is 2.67. The highest BCUT2D eigenvalue weighted by Crippen LogP contribution is 2.32. The van der Waals surface area contributed by atoms with Gasteiger partial charge in [-0.15, -0.1) is 16.4 Å². The normalized spacial score (nSPS) is 10.9. The van der Waals surface area contributed by atoms with Crippen molar-refractivity contribution in [3.05, 3.63) is 74.6 Å². The van der Waals surface area contributed by atoms with E-state index in [0.29, 0.717) is 19.9 Å². The molecule has 0 spiro atoms. The first-order valence-electron chi connectivity index (χ1n) is 8.80. The molecule has 2 aromatic carbocycles. The number of hydrogen-bond acceptors (Lipinski definition) is 7. The van der Waals surface area contributed by atoms with E-state index in [0.717, 1.165) is 21.4 Å². The Bertz CT molecular complexity index is 1220. The van der Waals surface area contributed by atoms with Crippen LogP contribution in [0, 0.1) is 3.95 Å². The van der Waals surface area contributed by atoms with Crippen LogP contribution in [-0.4, -0.2) is 20.7 Å². The Balaban J connectivity index is 1.48. The molecule has 152 valence electrons. The van der Waals surface area contributed by atoms with E-state index in [9.17, 15) is 4.79 Å². The summed E-state index contributed by atoms with van der Waals surface area (Å²) in [4.78, 5) is 18.5. The Kier molecular flexibility index (Phi) is 6.64. The molecule has 4 rings (SSSR count). The van der Waals surface area contributed by atoms with E-state index in [1.807, 2.05) is 60.0 Å². The maximum absolute atomic E-state index is 12.2.